The first kappa shape index (κ1) is 17.9. The Kier molecular flexibility index (Phi) is 5.22. The predicted molar refractivity (Wildman–Crippen MR) is 103 cm³/mol. The zero-order chi connectivity index (χ0) is 18.7. The van der Waals surface area contributed by atoms with Gasteiger partial charge in [0.2, 0.25) is 0 Å². The number of aromatic nitrogens is 1. The first-order valence-electron chi connectivity index (χ1n) is 7.63. The molecule has 1 heterocycles. The summed E-state index contributed by atoms with van der Waals surface area (Å²) in [6, 6.07) is 14.4. The highest BCUT2D eigenvalue weighted by molar-refractivity contribution is 6.39. The average Bonchev–Trinajstić information content (AvgIpc) is 2.63. The van der Waals surface area contributed by atoms with Crippen molar-refractivity contribution in [3.05, 3.63) is 69.3 Å². The highest BCUT2D eigenvalue weighted by Gasteiger charge is 2.15. The molecule has 4 nitrogen and oxygen atoms in total. The predicted octanol–water partition coefficient (Wildman–Crippen LogP) is 5.51. The lowest BCUT2D eigenvalue weighted by atomic mass is 10.1. The number of benzene rings is 2. The fourth-order valence-electron chi connectivity index (χ4n) is 2.43. The average molecular weight is 383 g/mol. The molecule has 0 aliphatic heterocycles. The Morgan fingerprint density at radius 3 is 2.69 bits per heavy atom. The van der Waals surface area contributed by atoms with Crippen molar-refractivity contribution in [2.75, 3.05) is 0 Å². The molecule has 0 unspecified atom stereocenters. The van der Waals surface area contributed by atoms with E-state index in [9.17, 15) is 4.79 Å². The first-order chi connectivity index (χ1) is 12.5. The van der Waals surface area contributed by atoms with Gasteiger partial charge in [-0.2, -0.15) is 5.26 Å². The number of hydrogen-bond donors (Lipinski definition) is 0. The number of halogens is 2. The van der Waals surface area contributed by atoms with Crippen LogP contribution in [-0.4, -0.2) is 11.0 Å². The van der Waals surface area contributed by atoms with E-state index in [-0.39, 0.29) is 10.8 Å². The van der Waals surface area contributed by atoms with E-state index in [1.165, 1.54) is 13.0 Å². The summed E-state index contributed by atoms with van der Waals surface area (Å²) in [6.07, 6.45) is 3.63. The van der Waals surface area contributed by atoms with Crippen LogP contribution in [0.4, 0.5) is 0 Å². The summed E-state index contributed by atoms with van der Waals surface area (Å²) in [5.41, 5.74) is 2.49. The molecule has 0 saturated carbocycles. The molecule has 0 radical (unpaired) electrons. The molecule has 26 heavy (non-hydrogen) atoms. The number of nitrogens with zero attached hydrogens (tertiary/aromatic N) is 2. The summed E-state index contributed by atoms with van der Waals surface area (Å²) in [5, 5.41) is 10.2. The van der Waals surface area contributed by atoms with Crippen LogP contribution < -0.4 is 4.74 Å². The lowest BCUT2D eigenvalue weighted by molar-refractivity contribution is -0.131. The molecule has 0 amide bonds. The van der Waals surface area contributed by atoms with Gasteiger partial charge in [0.25, 0.3) is 0 Å². The van der Waals surface area contributed by atoms with Gasteiger partial charge < -0.3 is 4.74 Å². The van der Waals surface area contributed by atoms with Crippen LogP contribution in [0.15, 0.2) is 42.5 Å². The summed E-state index contributed by atoms with van der Waals surface area (Å²) in [5.74, 6) is -0.313. The fourth-order valence-corrected chi connectivity index (χ4v) is 2.99. The smallest absolute Gasteiger partial charge is 0.308 e. The molecule has 128 valence electrons. The molecule has 3 rings (SSSR count). The Balaban J connectivity index is 2.06. The molecule has 0 aliphatic rings. The van der Waals surface area contributed by atoms with E-state index in [1.54, 1.807) is 30.3 Å². The van der Waals surface area contributed by atoms with Crippen LogP contribution in [0.2, 0.25) is 10.0 Å². The van der Waals surface area contributed by atoms with Crippen molar-refractivity contribution in [2.45, 2.75) is 6.92 Å². The van der Waals surface area contributed by atoms with Crippen molar-refractivity contribution < 1.29 is 9.53 Å². The number of hydrogen-bond acceptors (Lipinski definition) is 4. The Bertz CT molecular complexity index is 1090. The van der Waals surface area contributed by atoms with Crippen LogP contribution in [0.3, 0.4) is 0 Å². The summed E-state index contributed by atoms with van der Waals surface area (Å²) in [7, 11) is 0. The number of fused-ring (bicyclic) bond motifs is 1. The SMILES string of the molecule is CC(=O)Oc1c(Cl)cc(Cl)c2ccc(/C=C/c3cccc(C#N)c3)nc12. The molecule has 1 aromatic heterocycles. The molecule has 0 spiro atoms. The quantitative estimate of drug-likeness (QED) is 0.442. The van der Waals surface area contributed by atoms with Gasteiger partial charge in [-0.1, -0.05) is 41.4 Å². The number of carbonyl (C=O) groups excluding carboxylic acids is 1. The van der Waals surface area contributed by atoms with Crippen molar-refractivity contribution in [2.24, 2.45) is 0 Å². The Morgan fingerprint density at radius 2 is 1.96 bits per heavy atom. The van der Waals surface area contributed by atoms with Crippen molar-refractivity contribution >= 4 is 52.2 Å². The first-order valence-corrected chi connectivity index (χ1v) is 8.39. The summed E-state index contributed by atoms with van der Waals surface area (Å²) in [6.45, 7) is 1.29. The van der Waals surface area contributed by atoms with Crippen molar-refractivity contribution in [3.8, 4) is 11.8 Å². The number of rotatable bonds is 3. The van der Waals surface area contributed by atoms with Gasteiger partial charge in [0.15, 0.2) is 5.75 Å². The molecular weight excluding hydrogens is 371 g/mol. The fraction of sp³-hybridized carbons (Fsp3) is 0.0500. The number of nitriles is 1. The second-order valence-electron chi connectivity index (χ2n) is 5.47. The lowest BCUT2D eigenvalue weighted by Crippen LogP contribution is -2.03. The van der Waals surface area contributed by atoms with Crippen LogP contribution in [0.5, 0.6) is 5.75 Å². The standard InChI is InChI=1S/C20H12Cl2N2O2/c1-12(25)26-20-18(22)10-17(21)16-8-7-15(24-19(16)20)6-5-13-3-2-4-14(9-13)11-23/h2-10H,1H3/b6-5+. The van der Waals surface area contributed by atoms with E-state index in [4.69, 9.17) is 33.2 Å². The minimum atomic E-state index is -0.494. The van der Waals surface area contributed by atoms with Gasteiger partial charge in [-0.3, -0.25) is 4.79 Å². The van der Waals surface area contributed by atoms with E-state index in [0.717, 1.165) is 5.56 Å². The van der Waals surface area contributed by atoms with Gasteiger partial charge in [-0.15, -0.1) is 0 Å². The van der Waals surface area contributed by atoms with Crippen LogP contribution in [0.25, 0.3) is 23.1 Å². The highest BCUT2D eigenvalue weighted by Crippen LogP contribution is 2.37. The number of esters is 1. The molecule has 0 saturated heterocycles. The summed E-state index contributed by atoms with van der Waals surface area (Å²) < 4.78 is 5.21. The monoisotopic (exact) mass is 382 g/mol. The van der Waals surface area contributed by atoms with Crippen molar-refractivity contribution in [1.82, 2.24) is 4.98 Å². The van der Waals surface area contributed by atoms with E-state index >= 15 is 0 Å². The third-order valence-electron chi connectivity index (χ3n) is 3.57. The molecule has 2 aromatic carbocycles. The van der Waals surface area contributed by atoms with Gasteiger partial charge >= 0.3 is 5.97 Å². The van der Waals surface area contributed by atoms with E-state index in [0.29, 0.717) is 27.2 Å². The molecule has 0 bridgehead atoms. The molecule has 0 aliphatic carbocycles. The largest absolute Gasteiger partial charge is 0.423 e. The second kappa shape index (κ2) is 7.57. The third kappa shape index (κ3) is 3.85. The van der Waals surface area contributed by atoms with Crippen LogP contribution in [-0.2, 0) is 4.79 Å². The Morgan fingerprint density at radius 1 is 1.15 bits per heavy atom. The molecule has 0 fully saturated rings. The van der Waals surface area contributed by atoms with Gasteiger partial charge in [0.1, 0.15) is 5.52 Å². The summed E-state index contributed by atoms with van der Waals surface area (Å²) in [4.78, 5) is 15.9. The van der Waals surface area contributed by atoms with E-state index < -0.39 is 5.97 Å². The molecule has 3 aromatic rings. The van der Waals surface area contributed by atoms with Gasteiger partial charge in [-0.05, 0) is 42.0 Å². The second-order valence-corrected chi connectivity index (χ2v) is 6.28. The maximum absolute atomic E-state index is 11.4. The summed E-state index contributed by atoms with van der Waals surface area (Å²) >= 11 is 12.4. The number of pyridine rings is 1. The lowest BCUT2D eigenvalue weighted by Gasteiger charge is -2.10. The van der Waals surface area contributed by atoms with Gasteiger partial charge in [0, 0.05) is 12.3 Å². The number of carbonyl (C=O) groups is 1. The van der Waals surface area contributed by atoms with E-state index in [1.807, 2.05) is 18.2 Å². The van der Waals surface area contributed by atoms with Crippen molar-refractivity contribution in [1.29, 1.82) is 5.26 Å². The Hall–Kier alpha value is -2.87. The maximum atomic E-state index is 11.4. The minimum absolute atomic E-state index is 0.181. The van der Waals surface area contributed by atoms with E-state index in [2.05, 4.69) is 11.1 Å². The topological polar surface area (TPSA) is 63.0 Å². The van der Waals surface area contributed by atoms with Crippen LogP contribution in [0, 0.1) is 11.3 Å². The normalized spacial score (nSPS) is 10.8. The molecule has 0 atom stereocenters. The van der Waals surface area contributed by atoms with Gasteiger partial charge in [0.05, 0.1) is 27.4 Å². The van der Waals surface area contributed by atoms with Crippen LogP contribution >= 0.6 is 23.2 Å². The molecular formula is C20H12Cl2N2O2. The zero-order valence-corrected chi connectivity index (χ0v) is 15.2. The highest BCUT2D eigenvalue weighted by atomic mass is 35.5. The maximum Gasteiger partial charge on any atom is 0.308 e. The minimum Gasteiger partial charge on any atom is -0.423 e. The third-order valence-corrected chi connectivity index (χ3v) is 4.16. The zero-order valence-electron chi connectivity index (χ0n) is 13.7. The molecule has 0 N–H and O–H groups in total. The van der Waals surface area contributed by atoms with Crippen LogP contribution in [0.1, 0.15) is 23.7 Å². The Labute approximate surface area is 160 Å². The molecule has 6 heteroatoms. The van der Waals surface area contributed by atoms with Crippen molar-refractivity contribution in [3.63, 3.8) is 0 Å². The van der Waals surface area contributed by atoms with Gasteiger partial charge in [-0.25, -0.2) is 4.98 Å². The number of ether oxygens (including phenoxy) is 1.